The summed E-state index contributed by atoms with van der Waals surface area (Å²) in [6, 6.07) is 3.47. The van der Waals surface area contributed by atoms with Crippen molar-refractivity contribution in [2.24, 2.45) is 0 Å². The van der Waals surface area contributed by atoms with Gasteiger partial charge in [0.1, 0.15) is 17.2 Å². The molecule has 8 heteroatoms. The smallest absolute Gasteiger partial charge is 0.322 e. The fourth-order valence-corrected chi connectivity index (χ4v) is 2.59. The second-order valence-electron chi connectivity index (χ2n) is 5.89. The summed E-state index contributed by atoms with van der Waals surface area (Å²) in [4.78, 5) is 25.4. The third-order valence-corrected chi connectivity index (χ3v) is 3.79. The van der Waals surface area contributed by atoms with Gasteiger partial charge in [-0.1, -0.05) is 0 Å². The van der Waals surface area contributed by atoms with E-state index in [9.17, 15) is 14.9 Å². The van der Waals surface area contributed by atoms with Crippen molar-refractivity contribution >= 4 is 11.6 Å². The lowest BCUT2D eigenvalue weighted by Gasteiger charge is -2.25. The Morgan fingerprint density at radius 1 is 1.42 bits per heavy atom. The van der Waals surface area contributed by atoms with Crippen LogP contribution in [0.5, 0.6) is 0 Å². The third-order valence-electron chi connectivity index (χ3n) is 3.79. The quantitative estimate of drug-likeness (QED) is 0.597. The molecule has 0 saturated heterocycles. The molecule has 0 N–H and O–H groups in total. The number of nitrogens with zero attached hydrogens (tertiary/aromatic N) is 4. The van der Waals surface area contributed by atoms with Crippen LogP contribution in [0.3, 0.4) is 0 Å². The van der Waals surface area contributed by atoms with Crippen molar-refractivity contribution in [2.75, 3.05) is 0 Å². The zero-order valence-corrected chi connectivity index (χ0v) is 14.6. The highest BCUT2D eigenvalue weighted by Crippen LogP contribution is 2.26. The molecule has 0 radical (unpaired) electrons. The molecular weight excluding hydrogens is 312 g/mol. The number of rotatable bonds is 6. The number of amides is 1. The number of carbonyl (C=O) groups excluding carboxylic acids is 1. The average molecular weight is 334 g/mol. The number of nitro groups is 1. The molecular formula is C16H22N4O4. The second kappa shape index (κ2) is 6.86. The highest BCUT2D eigenvalue weighted by atomic mass is 16.6. The van der Waals surface area contributed by atoms with Crippen molar-refractivity contribution < 1.29 is 14.1 Å². The molecule has 2 aromatic heterocycles. The summed E-state index contributed by atoms with van der Waals surface area (Å²) in [7, 11) is 0. The van der Waals surface area contributed by atoms with Gasteiger partial charge in [-0.2, -0.15) is 5.10 Å². The van der Waals surface area contributed by atoms with Gasteiger partial charge in [-0.3, -0.25) is 19.6 Å². The van der Waals surface area contributed by atoms with Crippen molar-refractivity contribution in [1.82, 2.24) is 14.7 Å². The van der Waals surface area contributed by atoms with E-state index in [2.05, 4.69) is 5.10 Å². The lowest BCUT2D eigenvalue weighted by Crippen LogP contribution is -2.37. The van der Waals surface area contributed by atoms with Gasteiger partial charge in [0.2, 0.25) is 5.69 Å². The lowest BCUT2D eigenvalue weighted by atomic mass is 10.2. The standard InChI is InChI=1S/C16H22N4O4/c1-6-19-15(14(20(22)23)12(5)17-19)16(21)18(10(2)3)9-13-8-7-11(4)24-13/h7-8,10H,6,9H2,1-5H3. The molecule has 24 heavy (non-hydrogen) atoms. The number of hydrogen-bond acceptors (Lipinski definition) is 5. The van der Waals surface area contributed by atoms with Crippen LogP contribution in [0.2, 0.25) is 0 Å². The summed E-state index contributed by atoms with van der Waals surface area (Å²) in [5.41, 5.74) is 0.0165. The maximum Gasteiger partial charge on any atom is 0.322 e. The predicted molar refractivity (Wildman–Crippen MR) is 87.7 cm³/mol. The molecule has 0 spiro atoms. The van der Waals surface area contributed by atoms with Crippen LogP contribution in [0.15, 0.2) is 16.5 Å². The Labute approximate surface area is 140 Å². The molecule has 0 aliphatic rings. The van der Waals surface area contributed by atoms with Gasteiger partial charge in [0.25, 0.3) is 5.91 Å². The number of carbonyl (C=O) groups is 1. The molecule has 2 rings (SSSR count). The first kappa shape index (κ1) is 17.7. The Balaban J connectivity index is 2.45. The van der Waals surface area contributed by atoms with Crippen molar-refractivity contribution in [3.05, 3.63) is 45.2 Å². The molecule has 0 fully saturated rings. The van der Waals surface area contributed by atoms with E-state index in [0.717, 1.165) is 5.76 Å². The van der Waals surface area contributed by atoms with Crippen LogP contribution in [-0.2, 0) is 13.1 Å². The maximum atomic E-state index is 13.0. The van der Waals surface area contributed by atoms with Crippen LogP contribution in [0.1, 0.15) is 48.5 Å². The zero-order chi connectivity index (χ0) is 18.0. The Bertz CT molecular complexity index is 760. The summed E-state index contributed by atoms with van der Waals surface area (Å²) in [6.45, 7) is 9.50. The van der Waals surface area contributed by atoms with Gasteiger partial charge in [-0.15, -0.1) is 0 Å². The summed E-state index contributed by atoms with van der Waals surface area (Å²) in [5, 5.41) is 15.5. The Morgan fingerprint density at radius 2 is 2.08 bits per heavy atom. The van der Waals surface area contributed by atoms with Crippen LogP contribution >= 0.6 is 0 Å². The molecule has 0 saturated carbocycles. The molecule has 2 heterocycles. The minimum Gasteiger partial charge on any atom is -0.464 e. The van der Waals surface area contributed by atoms with Gasteiger partial charge in [-0.05, 0) is 46.8 Å². The van der Waals surface area contributed by atoms with E-state index in [0.29, 0.717) is 12.3 Å². The average Bonchev–Trinajstić information content (AvgIpc) is 3.06. The number of aromatic nitrogens is 2. The Kier molecular flexibility index (Phi) is 5.06. The van der Waals surface area contributed by atoms with Gasteiger partial charge < -0.3 is 9.32 Å². The SMILES string of the molecule is CCn1nc(C)c([N+](=O)[O-])c1C(=O)N(Cc1ccc(C)o1)C(C)C. The van der Waals surface area contributed by atoms with Crippen LogP contribution in [0.4, 0.5) is 5.69 Å². The van der Waals surface area contributed by atoms with Gasteiger partial charge in [-0.25, -0.2) is 0 Å². The monoisotopic (exact) mass is 334 g/mol. The van der Waals surface area contributed by atoms with Gasteiger partial charge in [0, 0.05) is 12.6 Å². The fraction of sp³-hybridized carbons (Fsp3) is 0.500. The summed E-state index contributed by atoms with van der Waals surface area (Å²) >= 11 is 0. The number of furan rings is 1. The van der Waals surface area contributed by atoms with Crippen LogP contribution in [0.25, 0.3) is 0 Å². The Hall–Kier alpha value is -2.64. The molecule has 130 valence electrons. The summed E-state index contributed by atoms with van der Waals surface area (Å²) in [6.07, 6.45) is 0. The minimum absolute atomic E-state index is 0.0111. The van der Waals surface area contributed by atoms with Crippen molar-refractivity contribution in [2.45, 2.75) is 53.8 Å². The normalized spacial score (nSPS) is 11.1. The minimum atomic E-state index is -0.544. The molecule has 0 aliphatic heterocycles. The molecule has 0 bridgehead atoms. The summed E-state index contributed by atoms with van der Waals surface area (Å²) < 4.78 is 6.93. The first-order chi connectivity index (χ1) is 11.3. The second-order valence-corrected chi connectivity index (χ2v) is 5.89. The van der Waals surface area contributed by atoms with E-state index in [1.807, 2.05) is 26.8 Å². The largest absolute Gasteiger partial charge is 0.464 e. The highest BCUT2D eigenvalue weighted by Gasteiger charge is 2.34. The summed E-state index contributed by atoms with van der Waals surface area (Å²) in [5.74, 6) is 0.964. The molecule has 8 nitrogen and oxygen atoms in total. The molecule has 0 aromatic carbocycles. The van der Waals surface area contributed by atoms with Gasteiger partial charge in [0.05, 0.1) is 11.5 Å². The molecule has 0 atom stereocenters. The number of hydrogen-bond donors (Lipinski definition) is 0. The topological polar surface area (TPSA) is 94.4 Å². The molecule has 2 aromatic rings. The molecule has 1 amide bonds. The van der Waals surface area contributed by atoms with Crippen molar-refractivity contribution in [3.8, 4) is 0 Å². The van der Waals surface area contributed by atoms with E-state index < -0.39 is 10.8 Å². The van der Waals surface area contributed by atoms with E-state index >= 15 is 0 Å². The Morgan fingerprint density at radius 3 is 2.54 bits per heavy atom. The van der Waals surface area contributed by atoms with Crippen LogP contribution < -0.4 is 0 Å². The predicted octanol–water partition coefficient (Wildman–Crippen LogP) is 3.07. The van der Waals surface area contributed by atoms with Crippen LogP contribution in [-0.4, -0.2) is 31.6 Å². The van der Waals surface area contributed by atoms with Gasteiger partial charge in [0.15, 0.2) is 0 Å². The first-order valence-corrected chi connectivity index (χ1v) is 7.84. The number of aryl methyl sites for hydroxylation is 3. The fourth-order valence-electron chi connectivity index (χ4n) is 2.59. The van der Waals surface area contributed by atoms with E-state index in [4.69, 9.17) is 4.42 Å². The lowest BCUT2D eigenvalue weighted by molar-refractivity contribution is -0.385. The van der Waals surface area contributed by atoms with Crippen molar-refractivity contribution in [3.63, 3.8) is 0 Å². The van der Waals surface area contributed by atoms with E-state index in [1.54, 1.807) is 17.9 Å². The van der Waals surface area contributed by atoms with E-state index in [-0.39, 0.29) is 29.7 Å². The first-order valence-electron chi connectivity index (χ1n) is 7.84. The zero-order valence-electron chi connectivity index (χ0n) is 14.6. The van der Waals surface area contributed by atoms with Crippen LogP contribution in [0, 0.1) is 24.0 Å². The highest BCUT2D eigenvalue weighted by molar-refractivity contribution is 5.97. The van der Waals surface area contributed by atoms with E-state index in [1.165, 1.54) is 11.6 Å². The third kappa shape index (κ3) is 3.32. The maximum absolute atomic E-state index is 13.0. The molecule has 0 unspecified atom stereocenters. The van der Waals surface area contributed by atoms with Crippen molar-refractivity contribution in [1.29, 1.82) is 0 Å². The molecule has 0 aliphatic carbocycles. The van der Waals surface area contributed by atoms with Gasteiger partial charge >= 0.3 is 5.69 Å².